The van der Waals surface area contributed by atoms with E-state index in [-0.39, 0.29) is 10.8 Å². The summed E-state index contributed by atoms with van der Waals surface area (Å²) in [5.41, 5.74) is 15.5. The summed E-state index contributed by atoms with van der Waals surface area (Å²) >= 11 is 2.05. The number of nitrogens with zero attached hydrogens (tertiary/aromatic N) is 2. The first-order valence-corrected chi connectivity index (χ1v) is 16.2. The van der Waals surface area contributed by atoms with Crippen LogP contribution in [-0.2, 0) is 10.8 Å². The SMILES string of the molecule is CC(/C=C1/N(C)c2ccc(C)c(C)c2C1(C)C)=C1/CCCC(/C=C/C2=[N+](C)c3ccccc3C2(C)C)=C1SC(C)C. The fraction of sp³-hybridized carbons (Fsp3) is 0.447. The molecule has 0 aromatic heterocycles. The standard InChI is InChI=1S/C38H49N2S/c1-24(2)41-36-28(20-22-33-37(6,7)30-17-12-13-18-31(30)39(33)10)15-14-16-29(36)26(4)23-34-38(8,9)35-27(5)25(3)19-21-32(35)40(34)11/h12-13,17-24H,14-16H2,1-11H3/q+1. The molecule has 2 heterocycles. The van der Waals surface area contributed by atoms with Crippen molar-refractivity contribution in [3.63, 3.8) is 0 Å². The minimum absolute atomic E-state index is 0.00837. The van der Waals surface area contributed by atoms with Gasteiger partial charge in [-0.3, -0.25) is 0 Å². The Morgan fingerprint density at radius 2 is 1.68 bits per heavy atom. The Balaban J connectivity index is 1.58. The molecule has 3 heteroatoms. The van der Waals surface area contributed by atoms with Gasteiger partial charge in [0.15, 0.2) is 5.71 Å². The third-order valence-electron chi connectivity index (χ3n) is 9.71. The van der Waals surface area contributed by atoms with E-state index in [1.54, 1.807) is 0 Å². The highest BCUT2D eigenvalue weighted by Gasteiger charge is 2.43. The molecule has 2 nitrogen and oxygen atoms in total. The molecule has 0 amide bonds. The van der Waals surface area contributed by atoms with Crippen molar-refractivity contribution in [2.75, 3.05) is 19.0 Å². The Hall–Kier alpha value is -2.78. The lowest BCUT2D eigenvalue weighted by molar-refractivity contribution is -0.401. The number of benzene rings is 2. The minimum atomic E-state index is -0.0290. The number of rotatable bonds is 5. The summed E-state index contributed by atoms with van der Waals surface area (Å²) in [6.07, 6.45) is 10.8. The highest BCUT2D eigenvalue weighted by molar-refractivity contribution is 8.03. The van der Waals surface area contributed by atoms with Crippen LogP contribution in [0.5, 0.6) is 0 Å². The van der Waals surface area contributed by atoms with Gasteiger partial charge in [-0.2, -0.15) is 4.58 Å². The normalized spacial score (nSPS) is 22.0. The number of anilines is 1. The monoisotopic (exact) mass is 565 g/mol. The second-order valence-electron chi connectivity index (χ2n) is 13.6. The molecule has 0 radical (unpaired) electrons. The van der Waals surface area contributed by atoms with Crippen LogP contribution >= 0.6 is 11.8 Å². The van der Waals surface area contributed by atoms with Crippen molar-refractivity contribution in [1.29, 1.82) is 0 Å². The summed E-state index contributed by atoms with van der Waals surface area (Å²) in [7, 11) is 4.46. The van der Waals surface area contributed by atoms with Gasteiger partial charge < -0.3 is 4.90 Å². The third kappa shape index (κ3) is 4.99. The van der Waals surface area contributed by atoms with E-state index < -0.39 is 0 Å². The van der Waals surface area contributed by atoms with E-state index >= 15 is 0 Å². The predicted octanol–water partition coefficient (Wildman–Crippen LogP) is 10.1. The van der Waals surface area contributed by atoms with Crippen molar-refractivity contribution in [3.8, 4) is 0 Å². The lowest BCUT2D eigenvalue weighted by Gasteiger charge is -2.27. The molecule has 0 fully saturated rings. The molecule has 3 aliphatic rings. The zero-order valence-corrected chi connectivity index (χ0v) is 28.0. The highest BCUT2D eigenvalue weighted by Crippen LogP contribution is 2.50. The molecule has 41 heavy (non-hydrogen) atoms. The zero-order valence-electron chi connectivity index (χ0n) is 27.2. The second-order valence-corrected chi connectivity index (χ2v) is 15.2. The largest absolute Gasteiger partial charge is 0.347 e. The Morgan fingerprint density at radius 1 is 0.976 bits per heavy atom. The zero-order chi connectivity index (χ0) is 29.9. The molecule has 0 atom stereocenters. The Kier molecular flexibility index (Phi) is 7.83. The van der Waals surface area contributed by atoms with Gasteiger partial charge in [-0.15, -0.1) is 11.8 Å². The van der Waals surface area contributed by atoms with Gasteiger partial charge in [-0.05, 0) is 99.4 Å². The van der Waals surface area contributed by atoms with Crippen LogP contribution in [-0.4, -0.2) is 29.6 Å². The molecule has 0 saturated carbocycles. The Morgan fingerprint density at radius 3 is 2.37 bits per heavy atom. The van der Waals surface area contributed by atoms with E-state index in [1.165, 1.54) is 73.1 Å². The van der Waals surface area contributed by atoms with Gasteiger partial charge in [0.05, 0.1) is 5.41 Å². The first-order valence-electron chi connectivity index (χ1n) is 15.3. The van der Waals surface area contributed by atoms with Gasteiger partial charge in [-0.1, -0.05) is 58.0 Å². The van der Waals surface area contributed by atoms with Crippen LogP contribution in [0.4, 0.5) is 11.4 Å². The molecule has 2 aromatic carbocycles. The van der Waals surface area contributed by atoms with Crippen molar-refractivity contribution in [1.82, 2.24) is 0 Å². The van der Waals surface area contributed by atoms with Crippen molar-refractivity contribution in [2.45, 2.75) is 97.7 Å². The number of fused-ring (bicyclic) bond motifs is 2. The molecular weight excluding hydrogens is 516 g/mol. The molecule has 0 spiro atoms. The van der Waals surface area contributed by atoms with Crippen LogP contribution in [0, 0.1) is 13.8 Å². The number of allylic oxidation sites excluding steroid dienone is 7. The quantitative estimate of drug-likeness (QED) is 0.333. The fourth-order valence-electron chi connectivity index (χ4n) is 7.39. The summed E-state index contributed by atoms with van der Waals surface area (Å²) in [6, 6.07) is 13.4. The number of likely N-dealkylation sites (N-methyl/N-ethyl adjacent to an activating group) is 1. The topological polar surface area (TPSA) is 6.25 Å². The molecule has 2 aromatic rings. The van der Waals surface area contributed by atoms with Gasteiger partial charge in [-0.25, -0.2) is 0 Å². The summed E-state index contributed by atoms with van der Waals surface area (Å²) in [6.45, 7) is 21.0. The van der Waals surface area contributed by atoms with Gasteiger partial charge in [0.25, 0.3) is 0 Å². The maximum Gasteiger partial charge on any atom is 0.209 e. The van der Waals surface area contributed by atoms with Crippen LogP contribution in [0.1, 0.15) is 90.0 Å². The Labute approximate surface area is 253 Å². The minimum Gasteiger partial charge on any atom is -0.347 e. The number of para-hydroxylation sites is 1. The van der Waals surface area contributed by atoms with Gasteiger partial charge in [0, 0.05) is 51.7 Å². The van der Waals surface area contributed by atoms with Crippen molar-refractivity contribution >= 4 is 28.8 Å². The molecule has 0 N–H and O–H groups in total. The van der Waals surface area contributed by atoms with Crippen molar-refractivity contribution in [2.24, 2.45) is 0 Å². The highest BCUT2D eigenvalue weighted by atomic mass is 32.2. The van der Waals surface area contributed by atoms with E-state index in [9.17, 15) is 0 Å². The van der Waals surface area contributed by atoms with Crippen LogP contribution in [0.2, 0.25) is 0 Å². The van der Waals surface area contributed by atoms with E-state index in [4.69, 9.17) is 0 Å². The molecular formula is C38H49N2S+. The van der Waals surface area contributed by atoms with E-state index in [0.29, 0.717) is 5.25 Å². The average molecular weight is 566 g/mol. The molecule has 0 saturated heterocycles. The van der Waals surface area contributed by atoms with Crippen LogP contribution in [0.15, 0.2) is 81.9 Å². The maximum absolute atomic E-state index is 2.50. The summed E-state index contributed by atoms with van der Waals surface area (Å²) in [4.78, 5) is 3.93. The number of aryl methyl sites for hydroxylation is 1. The summed E-state index contributed by atoms with van der Waals surface area (Å²) in [5.74, 6) is 0. The molecule has 2 aliphatic heterocycles. The van der Waals surface area contributed by atoms with Crippen LogP contribution in [0.25, 0.3) is 0 Å². The van der Waals surface area contributed by atoms with Gasteiger partial charge >= 0.3 is 0 Å². The molecule has 216 valence electrons. The van der Waals surface area contributed by atoms with Crippen LogP contribution < -0.4 is 4.90 Å². The first-order chi connectivity index (χ1) is 19.3. The van der Waals surface area contributed by atoms with Crippen molar-refractivity contribution in [3.05, 3.63) is 104 Å². The smallest absolute Gasteiger partial charge is 0.209 e. The summed E-state index contributed by atoms with van der Waals surface area (Å²) in [5, 5.41) is 0.532. The van der Waals surface area contributed by atoms with E-state index in [1.807, 2.05) is 11.8 Å². The number of hydrogen-bond acceptors (Lipinski definition) is 2. The predicted molar refractivity (Wildman–Crippen MR) is 181 cm³/mol. The second kappa shape index (κ2) is 10.8. The lowest BCUT2D eigenvalue weighted by Crippen LogP contribution is -2.26. The average Bonchev–Trinajstić information content (AvgIpc) is 3.23. The van der Waals surface area contributed by atoms with Crippen LogP contribution in [0.3, 0.4) is 0 Å². The Bertz CT molecular complexity index is 1550. The van der Waals surface area contributed by atoms with Gasteiger partial charge in [0.1, 0.15) is 7.05 Å². The van der Waals surface area contributed by atoms with E-state index in [2.05, 4.69) is 141 Å². The molecule has 0 bridgehead atoms. The number of thioether (sulfide) groups is 1. The van der Waals surface area contributed by atoms with E-state index in [0.717, 1.165) is 12.8 Å². The fourth-order valence-corrected chi connectivity index (χ4v) is 8.59. The summed E-state index contributed by atoms with van der Waals surface area (Å²) < 4.78 is 2.39. The molecule has 0 unspecified atom stereocenters. The molecule has 1 aliphatic carbocycles. The third-order valence-corrected chi connectivity index (χ3v) is 10.9. The molecule has 5 rings (SSSR count). The van der Waals surface area contributed by atoms with Gasteiger partial charge in [0.2, 0.25) is 5.69 Å². The first kappa shape index (κ1) is 29.7. The number of hydrogen-bond donors (Lipinski definition) is 0. The van der Waals surface area contributed by atoms with Crippen molar-refractivity contribution < 1.29 is 4.58 Å². The lowest BCUT2D eigenvalue weighted by atomic mass is 9.79. The maximum atomic E-state index is 2.50.